The van der Waals surface area contributed by atoms with Crippen molar-refractivity contribution < 1.29 is 18.0 Å². The molecule has 7 heteroatoms. The fraction of sp³-hybridized carbons (Fsp3) is 0.316. The number of hydrogen-bond acceptors (Lipinski definition) is 3. The van der Waals surface area contributed by atoms with E-state index in [9.17, 15) is 18.0 Å². The SMILES string of the molecule is CC(C(=O)Nc1ccc(F)cc1F)N1CCN(c2ccc(F)cc2)CC1. The predicted molar refractivity (Wildman–Crippen MR) is 94.6 cm³/mol. The normalized spacial score (nSPS) is 16.4. The first-order valence-corrected chi connectivity index (χ1v) is 8.44. The van der Waals surface area contributed by atoms with Crippen LogP contribution in [0, 0.1) is 17.5 Å². The molecule has 0 spiro atoms. The Balaban J connectivity index is 1.56. The summed E-state index contributed by atoms with van der Waals surface area (Å²) in [5, 5.41) is 2.51. The van der Waals surface area contributed by atoms with E-state index in [1.807, 2.05) is 4.90 Å². The van der Waals surface area contributed by atoms with Gasteiger partial charge in [-0.2, -0.15) is 0 Å². The Morgan fingerprint density at radius 1 is 0.962 bits per heavy atom. The van der Waals surface area contributed by atoms with Gasteiger partial charge in [0.2, 0.25) is 5.91 Å². The van der Waals surface area contributed by atoms with E-state index in [4.69, 9.17) is 0 Å². The van der Waals surface area contributed by atoms with Gasteiger partial charge in [0.25, 0.3) is 0 Å². The first-order valence-electron chi connectivity index (χ1n) is 8.44. The highest BCUT2D eigenvalue weighted by Gasteiger charge is 2.26. The molecule has 0 aromatic heterocycles. The molecule has 0 radical (unpaired) electrons. The van der Waals surface area contributed by atoms with E-state index < -0.39 is 17.7 Å². The minimum absolute atomic E-state index is 0.0341. The maximum atomic E-state index is 13.7. The summed E-state index contributed by atoms with van der Waals surface area (Å²) in [6, 6.07) is 8.92. The molecule has 26 heavy (non-hydrogen) atoms. The van der Waals surface area contributed by atoms with Crippen molar-refractivity contribution in [1.82, 2.24) is 4.90 Å². The first-order chi connectivity index (χ1) is 12.4. The van der Waals surface area contributed by atoms with E-state index in [0.29, 0.717) is 26.2 Å². The quantitative estimate of drug-likeness (QED) is 0.906. The molecule has 3 rings (SSSR count). The molecular formula is C19H20F3N3O. The molecule has 1 unspecified atom stereocenters. The van der Waals surface area contributed by atoms with Crippen LogP contribution in [0.4, 0.5) is 24.5 Å². The number of nitrogens with one attached hydrogen (secondary N) is 1. The maximum Gasteiger partial charge on any atom is 0.241 e. The van der Waals surface area contributed by atoms with Crippen LogP contribution in [0.2, 0.25) is 0 Å². The van der Waals surface area contributed by atoms with Gasteiger partial charge in [-0.15, -0.1) is 0 Å². The molecular weight excluding hydrogens is 343 g/mol. The minimum atomic E-state index is -0.799. The Bertz CT molecular complexity index is 774. The molecule has 0 saturated carbocycles. The number of carbonyl (C=O) groups excluding carboxylic acids is 1. The first kappa shape index (κ1) is 18.3. The molecule has 1 amide bonds. The topological polar surface area (TPSA) is 35.6 Å². The van der Waals surface area contributed by atoms with Gasteiger partial charge in [-0.3, -0.25) is 9.69 Å². The standard InChI is InChI=1S/C19H20F3N3O/c1-13(19(26)23-18-7-4-15(21)12-17(18)22)24-8-10-25(11-9-24)16-5-2-14(20)3-6-16/h2-7,12-13H,8-11H2,1H3,(H,23,26). The van der Waals surface area contributed by atoms with Gasteiger partial charge in [0.15, 0.2) is 0 Å². The molecule has 1 fully saturated rings. The minimum Gasteiger partial charge on any atom is -0.369 e. The Hall–Kier alpha value is -2.54. The molecule has 1 saturated heterocycles. The van der Waals surface area contributed by atoms with Crippen LogP contribution in [0.25, 0.3) is 0 Å². The summed E-state index contributed by atoms with van der Waals surface area (Å²) in [7, 11) is 0. The third kappa shape index (κ3) is 4.16. The maximum absolute atomic E-state index is 13.7. The highest BCUT2D eigenvalue weighted by atomic mass is 19.1. The van der Waals surface area contributed by atoms with E-state index in [1.54, 1.807) is 19.1 Å². The van der Waals surface area contributed by atoms with E-state index in [2.05, 4.69) is 10.2 Å². The summed E-state index contributed by atoms with van der Waals surface area (Å²) in [6.45, 7) is 4.46. The zero-order valence-corrected chi connectivity index (χ0v) is 14.4. The Morgan fingerprint density at radius 2 is 1.58 bits per heavy atom. The van der Waals surface area contributed by atoms with Crippen molar-refractivity contribution in [3.63, 3.8) is 0 Å². The average molecular weight is 363 g/mol. The third-order valence-corrected chi connectivity index (χ3v) is 4.62. The van der Waals surface area contributed by atoms with Crippen LogP contribution < -0.4 is 10.2 Å². The molecule has 1 N–H and O–H groups in total. The van der Waals surface area contributed by atoms with Crippen molar-refractivity contribution >= 4 is 17.3 Å². The smallest absolute Gasteiger partial charge is 0.241 e. The van der Waals surface area contributed by atoms with Crippen LogP contribution in [0.5, 0.6) is 0 Å². The van der Waals surface area contributed by atoms with Gasteiger partial charge in [0, 0.05) is 37.9 Å². The van der Waals surface area contributed by atoms with Gasteiger partial charge in [0.05, 0.1) is 11.7 Å². The van der Waals surface area contributed by atoms with Crippen molar-refractivity contribution in [3.8, 4) is 0 Å². The lowest BCUT2D eigenvalue weighted by Gasteiger charge is -2.38. The lowest BCUT2D eigenvalue weighted by Crippen LogP contribution is -2.52. The third-order valence-electron chi connectivity index (χ3n) is 4.62. The average Bonchev–Trinajstić information content (AvgIpc) is 2.64. The summed E-state index contributed by atoms with van der Waals surface area (Å²) in [4.78, 5) is 16.5. The van der Waals surface area contributed by atoms with Crippen LogP contribution in [0.15, 0.2) is 42.5 Å². The molecule has 0 aliphatic carbocycles. The van der Waals surface area contributed by atoms with Crippen molar-refractivity contribution in [2.45, 2.75) is 13.0 Å². The molecule has 2 aromatic rings. The van der Waals surface area contributed by atoms with E-state index in [0.717, 1.165) is 17.8 Å². The second kappa shape index (κ2) is 7.78. The van der Waals surface area contributed by atoms with Gasteiger partial charge in [0.1, 0.15) is 17.5 Å². The Kier molecular flexibility index (Phi) is 5.46. The van der Waals surface area contributed by atoms with E-state index >= 15 is 0 Å². The van der Waals surface area contributed by atoms with Crippen molar-refractivity contribution in [1.29, 1.82) is 0 Å². The van der Waals surface area contributed by atoms with Crippen molar-refractivity contribution in [2.75, 3.05) is 36.4 Å². The lowest BCUT2D eigenvalue weighted by molar-refractivity contribution is -0.120. The number of nitrogens with zero attached hydrogens (tertiary/aromatic N) is 2. The number of halogens is 3. The monoisotopic (exact) mass is 363 g/mol. The van der Waals surface area contributed by atoms with Gasteiger partial charge in [-0.25, -0.2) is 13.2 Å². The van der Waals surface area contributed by atoms with Gasteiger partial charge in [-0.1, -0.05) is 0 Å². The fourth-order valence-electron chi connectivity index (χ4n) is 3.01. The van der Waals surface area contributed by atoms with Crippen molar-refractivity contribution in [3.05, 3.63) is 59.9 Å². The molecule has 1 aliphatic rings. The zero-order chi connectivity index (χ0) is 18.7. The highest BCUT2D eigenvalue weighted by molar-refractivity contribution is 5.94. The molecule has 138 valence electrons. The summed E-state index contributed by atoms with van der Waals surface area (Å²) >= 11 is 0. The molecule has 1 heterocycles. The van der Waals surface area contributed by atoms with E-state index in [1.165, 1.54) is 18.2 Å². The second-order valence-electron chi connectivity index (χ2n) is 6.29. The summed E-state index contributed by atoms with van der Waals surface area (Å²) < 4.78 is 39.7. The largest absolute Gasteiger partial charge is 0.369 e. The number of benzene rings is 2. The summed E-state index contributed by atoms with van der Waals surface area (Å²) in [6.07, 6.45) is 0. The van der Waals surface area contributed by atoms with Crippen LogP contribution >= 0.6 is 0 Å². The zero-order valence-electron chi connectivity index (χ0n) is 14.4. The van der Waals surface area contributed by atoms with Crippen molar-refractivity contribution in [2.24, 2.45) is 0 Å². The number of hydrogen-bond donors (Lipinski definition) is 1. The molecule has 2 aromatic carbocycles. The number of rotatable bonds is 4. The van der Waals surface area contributed by atoms with Gasteiger partial charge in [-0.05, 0) is 43.3 Å². The fourth-order valence-corrected chi connectivity index (χ4v) is 3.01. The Morgan fingerprint density at radius 3 is 2.19 bits per heavy atom. The van der Waals surface area contributed by atoms with Gasteiger partial charge >= 0.3 is 0 Å². The van der Waals surface area contributed by atoms with Crippen LogP contribution in [-0.4, -0.2) is 43.0 Å². The number of piperazine rings is 1. The molecule has 1 aliphatic heterocycles. The lowest BCUT2D eigenvalue weighted by atomic mass is 10.2. The summed E-state index contributed by atoms with van der Waals surface area (Å²) in [5.74, 6) is -2.10. The second-order valence-corrected chi connectivity index (χ2v) is 6.29. The highest BCUT2D eigenvalue weighted by Crippen LogP contribution is 2.19. The molecule has 0 bridgehead atoms. The Labute approximate surface area is 150 Å². The number of anilines is 2. The number of amides is 1. The van der Waals surface area contributed by atoms with Crippen LogP contribution in [-0.2, 0) is 4.79 Å². The van der Waals surface area contributed by atoms with Gasteiger partial charge < -0.3 is 10.2 Å². The summed E-state index contributed by atoms with van der Waals surface area (Å²) in [5.41, 5.74) is 0.907. The molecule has 4 nitrogen and oxygen atoms in total. The van der Waals surface area contributed by atoms with E-state index in [-0.39, 0.29) is 17.4 Å². The van der Waals surface area contributed by atoms with Crippen LogP contribution in [0.1, 0.15) is 6.92 Å². The van der Waals surface area contributed by atoms with Crippen LogP contribution in [0.3, 0.4) is 0 Å². The predicted octanol–water partition coefficient (Wildman–Crippen LogP) is 3.25. The molecule has 1 atom stereocenters. The number of carbonyl (C=O) groups is 1.